The van der Waals surface area contributed by atoms with E-state index < -0.39 is 0 Å². The Balaban J connectivity index is 1.56. The molecule has 0 fully saturated rings. The summed E-state index contributed by atoms with van der Waals surface area (Å²) in [6.45, 7) is 4.79. The number of hydrogen-bond acceptors (Lipinski definition) is 6. The number of ether oxygens (including phenoxy) is 3. The quantitative estimate of drug-likeness (QED) is 0.733. The Morgan fingerprint density at radius 3 is 2.57 bits per heavy atom. The van der Waals surface area contributed by atoms with Crippen LogP contribution in [0.2, 0.25) is 0 Å². The summed E-state index contributed by atoms with van der Waals surface area (Å²) >= 11 is 1.84. The highest BCUT2D eigenvalue weighted by atomic mass is 32.1. The number of thiophene rings is 1. The molecule has 28 heavy (non-hydrogen) atoms. The average molecular weight is 405 g/mol. The molecule has 1 unspecified atom stereocenters. The van der Waals surface area contributed by atoms with E-state index in [1.165, 1.54) is 10.4 Å². The summed E-state index contributed by atoms with van der Waals surface area (Å²) in [4.78, 5) is 16.4. The van der Waals surface area contributed by atoms with Crippen LogP contribution < -0.4 is 19.5 Å². The Morgan fingerprint density at radius 1 is 1.21 bits per heavy atom. The largest absolute Gasteiger partial charge is 0.493 e. The van der Waals surface area contributed by atoms with Crippen LogP contribution in [0.3, 0.4) is 0 Å². The summed E-state index contributed by atoms with van der Waals surface area (Å²) in [7, 11) is 4.70. The molecule has 1 aromatic carbocycles. The molecule has 0 saturated carbocycles. The fraction of sp³-hybridized carbons (Fsp3) is 0.476. The molecule has 0 saturated heterocycles. The van der Waals surface area contributed by atoms with Crippen LogP contribution in [0.4, 0.5) is 0 Å². The summed E-state index contributed by atoms with van der Waals surface area (Å²) in [6.07, 6.45) is 1.36. The number of nitrogens with one attached hydrogen (secondary N) is 1. The van der Waals surface area contributed by atoms with Crippen molar-refractivity contribution in [2.24, 2.45) is 0 Å². The number of methoxy groups -OCH3 is 3. The van der Waals surface area contributed by atoms with Crippen LogP contribution in [-0.2, 0) is 24.2 Å². The van der Waals surface area contributed by atoms with E-state index in [1.54, 1.807) is 21.3 Å². The lowest BCUT2D eigenvalue weighted by atomic mass is 10.1. The molecule has 152 valence electrons. The standard InChI is InChI=1S/C21H28N2O4S/c1-14(23-7-5-19-16(13-23)6-8-28-19)12-22-20(24)11-15-9-17(25-2)21(27-4)18(10-15)26-3/h6,8-10,14H,5,7,11-13H2,1-4H3,(H,22,24). The minimum absolute atomic E-state index is 0.0191. The summed E-state index contributed by atoms with van der Waals surface area (Å²) in [5, 5.41) is 5.22. The Labute approximate surface area is 170 Å². The lowest BCUT2D eigenvalue weighted by Crippen LogP contribution is -2.44. The minimum Gasteiger partial charge on any atom is -0.493 e. The van der Waals surface area contributed by atoms with Crippen molar-refractivity contribution in [2.45, 2.75) is 32.4 Å². The molecule has 1 N–H and O–H groups in total. The predicted octanol–water partition coefficient (Wildman–Crippen LogP) is 2.88. The zero-order valence-corrected chi connectivity index (χ0v) is 17.7. The lowest BCUT2D eigenvalue weighted by Gasteiger charge is -2.32. The molecule has 1 amide bonds. The second-order valence-corrected chi connectivity index (χ2v) is 7.95. The fourth-order valence-corrected chi connectivity index (χ4v) is 4.41. The number of amides is 1. The second kappa shape index (κ2) is 9.30. The Hall–Kier alpha value is -2.25. The average Bonchev–Trinajstić information content (AvgIpc) is 3.19. The van der Waals surface area contributed by atoms with Gasteiger partial charge in [0.25, 0.3) is 0 Å². The fourth-order valence-electron chi connectivity index (χ4n) is 3.52. The molecular formula is C21H28N2O4S. The summed E-state index contributed by atoms with van der Waals surface area (Å²) in [5.41, 5.74) is 2.24. The maximum atomic E-state index is 12.5. The first-order valence-corrected chi connectivity index (χ1v) is 10.3. The van der Waals surface area contributed by atoms with Crippen LogP contribution in [0.1, 0.15) is 22.9 Å². The third-order valence-electron chi connectivity index (χ3n) is 5.14. The van der Waals surface area contributed by atoms with Gasteiger partial charge in [-0.2, -0.15) is 0 Å². The molecule has 1 aromatic heterocycles. The number of carbonyl (C=O) groups is 1. The first-order chi connectivity index (χ1) is 13.5. The number of benzene rings is 1. The summed E-state index contributed by atoms with van der Waals surface area (Å²) in [6, 6.07) is 6.12. The molecule has 2 aromatic rings. The van der Waals surface area contributed by atoms with E-state index in [1.807, 2.05) is 23.5 Å². The molecule has 0 aliphatic carbocycles. The highest BCUT2D eigenvalue weighted by Gasteiger charge is 2.22. The van der Waals surface area contributed by atoms with Gasteiger partial charge in [0.2, 0.25) is 11.7 Å². The van der Waals surface area contributed by atoms with Crippen LogP contribution >= 0.6 is 11.3 Å². The minimum atomic E-state index is -0.0191. The molecule has 0 spiro atoms. The van der Waals surface area contributed by atoms with Crippen molar-refractivity contribution in [1.29, 1.82) is 0 Å². The van der Waals surface area contributed by atoms with Crippen molar-refractivity contribution in [3.63, 3.8) is 0 Å². The van der Waals surface area contributed by atoms with E-state index in [0.717, 1.165) is 25.1 Å². The third kappa shape index (κ3) is 4.59. The van der Waals surface area contributed by atoms with Crippen LogP contribution in [0.25, 0.3) is 0 Å². The van der Waals surface area contributed by atoms with Gasteiger partial charge in [0.15, 0.2) is 11.5 Å². The number of carbonyl (C=O) groups excluding carboxylic acids is 1. The van der Waals surface area contributed by atoms with Gasteiger partial charge in [-0.05, 0) is 48.1 Å². The van der Waals surface area contributed by atoms with Gasteiger partial charge in [0, 0.05) is 30.6 Å². The van der Waals surface area contributed by atoms with E-state index >= 15 is 0 Å². The SMILES string of the molecule is COc1cc(CC(=O)NCC(C)N2CCc3sccc3C2)cc(OC)c1OC. The molecule has 1 atom stereocenters. The molecule has 3 rings (SSSR count). The van der Waals surface area contributed by atoms with E-state index in [-0.39, 0.29) is 18.4 Å². The maximum absolute atomic E-state index is 12.5. The summed E-state index contributed by atoms with van der Waals surface area (Å²) < 4.78 is 16.0. The Morgan fingerprint density at radius 2 is 1.93 bits per heavy atom. The van der Waals surface area contributed by atoms with E-state index in [4.69, 9.17) is 14.2 Å². The summed E-state index contributed by atoms with van der Waals surface area (Å²) in [5.74, 6) is 1.62. The van der Waals surface area contributed by atoms with Gasteiger partial charge < -0.3 is 19.5 Å². The number of hydrogen-bond donors (Lipinski definition) is 1. The monoisotopic (exact) mass is 404 g/mol. The molecule has 7 heteroatoms. The van der Waals surface area contributed by atoms with E-state index in [0.29, 0.717) is 23.8 Å². The van der Waals surface area contributed by atoms with Crippen molar-refractivity contribution in [3.05, 3.63) is 39.6 Å². The molecule has 2 heterocycles. The zero-order valence-electron chi connectivity index (χ0n) is 16.9. The molecule has 6 nitrogen and oxygen atoms in total. The highest BCUT2D eigenvalue weighted by Crippen LogP contribution is 2.38. The Kier molecular flexibility index (Phi) is 6.80. The maximum Gasteiger partial charge on any atom is 0.224 e. The molecule has 0 radical (unpaired) electrons. The van der Waals surface area contributed by atoms with Crippen molar-refractivity contribution < 1.29 is 19.0 Å². The normalized spacial score (nSPS) is 14.9. The van der Waals surface area contributed by atoms with Gasteiger partial charge in [-0.25, -0.2) is 0 Å². The molecule has 0 bridgehead atoms. The van der Waals surface area contributed by atoms with Crippen LogP contribution in [0.15, 0.2) is 23.6 Å². The number of fused-ring (bicyclic) bond motifs is 1. The Bertz CT molecular complexity index is 795. The third-order valence-corrected chi connectivity index (χ3v) is 6.17. The van der Waals surface area contributed by atoms with Crippen LogP contribution in [0.5, 0.6) is 17.2 Å². The zero-order chi connectivity index (χ0) is 20.1. The number of nitrogens with zero attached hydrogens (tertiary/aromatic N) is 1. The van der Waals surface area contributed by atoms with Gasteiger partial charge in [-0.3, -0.25) is 9.69 Å². The van der Waals surface area contributed by atoms with Gasteiger partial charge in [-0.1, -0.05) is 0 Å². The second-order valence-electron chi connectivity index (χ2n) is 6.95. The van der Waals surface area contributed by atoms with Crippen molar-refractivity contribution in [1.82, 2.24) is 10.2 Å². The van der Waals surface area contributed by atoms with Crippen LogP contribution in [-0.4, -0.2) is 51.3 Å². The highest BCUT2D eigenvalue weighted by molar-refractivity contribution is 7.10. The number of rotatable bonds is 8. The lowest BCUT2D eigenvalue weighted by molar-refractivity contribution is -0.120. The first-order valence-electron chi connectivity index (χ1n) is 9.40. The molecular weight excluding hydrogens is 376 g/mol. The predicted molar refractivity (Wildman–Crippen MR) is 111 cm³/mol. The van der Waals surface area contributed by atoms with Crippen molar-refractivity contribution in [3.8, 4) is 17.2 Å². The smallest absolute Gasteiger partial charge is 0.224 e. The molecule has 1 aliphatic rings. The molecule has 1 aliphatic heterocycles. The topological polar surface area (TPSA) is 60.0 Å². The van der Waals surface area contributed by atoms with Crippen LogP contribution in [0, 0.1) is 0 Å². The van der Waals surface area contributed by atoms with Gasteiger partial charge in [-0.15, -0.1) is 11.3 Å². The van der Waals surface area contributed by atoms with Crippen molar-refractivity contribution >= 4 is 17.2 Å². The first kappa shape index (κ1) is 20.5. The van der Waals surface area contributed by atoms with E-state index in [2.05, 4.69) is 28.6 Å². The van der Waals surface area contributed by atoms with Crippen molar-refractivity contribution in [2.75, 3.05) is 34.4 Å². The van der Waals surface area contributed by atoms with E-state index in [9.17, 15) is 4.79 Å². The van der Waals surface area contributed by atoms with Gasteiger partial charge >= 0.3 is 0 Å². The van der Waals surface area contributed by atoms with Gasteiger partial charge in [0.1, 0.15) is 0 Å². The van der Waals surface area contributed by atoms with Gasteiger partial charge in [0.05, 0.1) is 27.8 Å².